The summed E-state index contributed by atoms with van der Waals surface area (Å²) in [5.41, 5.74) is 2.22. The van der Waals surface area contributed by atoms with Crippen LogP contribution in [0.5, 0.6) is 0 Å². The third kappa shape index (κ3) is 3.81. The molecule has 3 atom stereocenters. The molecule has 1 fully saturated rings. The van der Waals surface area contributed by atoms with Crippen LogP contribution >= 0.6 is 0 Å². The second kappa shape index (κ2) is 7.21. The van der Waals surface area contributed by atoms with Gasteiger partial charge in [0.1, 0.15) is 0 Å². The molecule has 0 aliphatic carbocycles. The highest BCUT2D eigenvalue weighted by molar-refractivity contribution is 5.24. The lowest BCUT2D eigenvalue weighted by Crippen LogP contribution is -2.41. The molecular formula is C17H27NO2. The normalized spacial score (nSPS) is 22.1. The van der Waals surface area contributed by atoms with E-state index >= 15 is 0 Å². The lowest BCUT2D eigenvalue weighted by atomic mass is 10.0. The maximum Gasteiger partial charge on any atom is 0.0942 e. The van der Waals surface area contributed by atoms with Crippen molar-refractivity contribution in [1.82, 2.24) is 4.90 Å². The largest absolute Gasteiger partial charge is 0.387 e. The summed E-state index contributed by atoms with van der Waals surface area (Å²) in [5.74, 6) is 0. The molecule has 3 nitrogen and oxygen atoms in total. The number of aliphatic hydroxyl groups excluding tert-OH is 1. The SMILES string of the molecule is CCN(CC1CCCO1)C(C)C(O)c1ccc(C)cc1. The van der Waals surface area contributed by atoms with E-state index < -0.39 is 6.10 Å². The highest BCUT2D eigenvalue weighted by Gasteiger charge is 2.26. The summed E-state index contributed by atoms with van der Waals surface area (Å²) in [5, 5.41) is 10.6. The molecule has 3 heteroatoms. The first-order valence-electron chi connectivity index (χ1n) is 7.72. The van der Waals surface area contributed by atoms with Gasteiger partial charge in [-0.3, -0.25) is 4.90 Å². The van der Waals surface area contributed by atoms with E-state index in [1.54, 1.807) is 0 Å². The van der Waals surface area contributed by atoms with Gasteiger partial charge in [0.25, 0.3) is 0 Å². The van der Waals surface area contributed by atoms with Crippen LogP contribution < -0.4 is 0 Å². The van der Waals surface area contributed by atoms with Crippen molar-refractivity contribution >= 4 is 0 Å². The molecule has 0 saturated carbocycles. The fourth-order valence-corrected chi connectivity index (χ4v) is 2.88. The van der Waals surface area contributed by atoms with Gasteiger partial charge >= 0.3 is 0 Å². The van der Waals surface area contributed by atoms with Gasteiger partial charge in [-0.05, 0) is 38.8 Å². The van der Waals surface area contributed by atoms with Crippen LogP contribution in [-0.4, -0.2) is 41.8 Å². The minimum atomic E-state index is -0.447. The fraction of sp³-hybridized carbons (Fsp3) is 0.647. The lowest BCUT2D eigenvalue weighted by molar-refractivity contribution is 0.0190. The number of hydrogen-bond acceptors (Lipinski definition) is 3. The van der Waals surface area contributed by atoms with E-state index in [1.165, 1.54) is 5.56 Å². The van der Waals surface area contributed by atoms with E-state index in [0.717, 1.165) is 38.1 Å². The molecule has 1 heterocycles. The molecule has 0 spiro atoms. The Hall–Kier alpha value is -0.900. The minimum Gasteiger partial charge on any atom is -0.387 e. The number of rotatable bonds is 6. The van der Waals surface area contributed by atoms with Crippen LogP contribution in [0.3, 0.4) is 0 Å². The number of nitrogens with zero attached hydrogens (tertiary/aromatic N) is 1. The average molecular weight is 277 g/mol. The van der Waals surface area contributed by atoms with Crippen molar-refractivity contribution in [2.45, 2.75) is 51.9 Å². The van der Waals surface area contributed by atoms with E-state index in [1.807, 2.05) is 12.1 Å². The maximum absolute atomic E-state index is 10.6. The van der Waals surface area contributed by atoms with Crippen LogP contribution in [0.2, 0.25) is 0 Å². The number of hydrogen-bond donors (Lipinski definition) is 1. The van der Waals surface area contributed by atoms with Crippen molar-refractivity contribution in [2.24, 2.45) is 0 Å². The van der Waals surface area contributed by atoms with Crippen LogP contribution in [0.15, 0.2) is 24.3 Å². The second-order valence-corrected chi connectivity index (χ2v) is 5.82. The summed E-state index contributed by atoms with van der Waals surface area (Å²) in [4.78, 5) is 2.32. The highest BCUT2D eigenvalue weighted by atomic mass is 16.5. The van der Waals surface area contributed by atoms with E-state index in [0.29, 0.717) is 6.10 Å². The summed E-state index contributed by atoms with van der Waals surface area (Å²) in [6.45, 7) is 9.05. The molecule has 1 N–H and O–H groups in total. The smallest absolute Gasteiger partial charge is 0.0942 e. The molecule has 2 rings (SSSR count). The molecule has 1 aliphatic rings. The molecule has 0 bridgehead atoms. The predicted octanol–water partition coefficient (Wildman–Crippen LogP) is 2.92. The monoisotopic (exact) mass is 277 g/mol. The number of aryl methyl sites for hydroxylation is 1. The summed E-state index contributed by atoms with van der Waals surface area (Å²) in [7, 11) is 0. The first kappa shape index (κ1) is 15.5. The quantitative estimate of drug-likeness (QED) is 0.868. The van der Waals surface area contributed by atoms with E-state index in [-0.39, 0.29) is 6.04 Å². The molecule has 0 aromatic heterocycles. The van der Waals surface area contributed by atoms with Gasteiger partial charge in [-0.25, -0.2) is 0 Å². The van der Waals surface area contributed by atoms with Gasteiger partial charge in [0.05, 0.1) is 12.2 Å². The molecule has 1 aromatic carbocycles. The molecular weight excluding hydrogens is 250 g/mol. The Morgan fingerprint density at radius 3 is 2.60 bits per heavy atom. The Bertz CT molecular complexity index is 398. The molecule has 1 aromatic rings. The van der Waals surface area contributed by atoms with Crippen molar-refractivity contribution in [3.05, 3.63) is 35.4 Å². The van der Waals surface area contributed by atoms with Crippen LogP contribution in [0.1, 0.15) is 43.9 Å². The van der Waals surface area contributed by atoms with Crippen molar-refractivity contribution in [3.8, 4) is 0 Å². The van der Waals surface area contributed by atoms with Crippen molar-refractivity contribution in [2.75, 3.05) is 19.7 Å². The van der Waals surface area contributed by atoms with Gasteiger partial charge in [-0.2, -0.15) is 0 Å². The van der Waals surface area contributed by atoms with Gasteiger partial charge in [0.15, 0.2) is 0 Å². The zero-order valence-corrected chi connectivity index (χ0v) is 12.9. The third-order valence-corrected chi connectivity index (χ3v) is 4.32. The van der Waals surface area contributed by atoms with Crippen molar-refractivity contribution < 1.29 is 9.84 Å². The number of benzene rings is 1. The molecule has 20 heavy (non-hydrogen) atoms. The average Bonchev–Trinajstić information content (AvgIpc) is 2.97. The predicted molar refractivity (Wildman–Crippen MR) is 81.8 cm³/mol. The third-order valence-electron chi connectivity index (χ3n) is 4.32. The van der Waals surface area contributed by atoms with Crippen molar-refractivity contribution in [3.63, 3.8) is 0 Å². The lowest BCUT2D eigenvalue weighted by Gasteiger charge is -2.33. The minimum absolute atomic E-state index is 0.104. The molecule has 1 aliphatic heterocycles. The summed E-state index contributed by atoms with van der Waals surface area (Å²) in [6, 6.07) is 8.27. The molecule has 3 unspecified atom stereocenters. The zero-order chi connectivity index (χ0) is 14.5. The first-order chi connectivity index (χ1) is 9.61. The van der Waals surface area contributed by atoms with Crippen LogP contribution in [-0.2, 0) is 4.74 Å². The van der Waals surface area contributed by atoms with Crippen LogP contribution in [0, 0.1) is 6.92 Å². The summed E-state index contributed by atoms with van der Waals surface area (Å²) >= 11 is 0. The fourth-order valence-electron chi connectivity index (χ4n) is 2.88. The molecule has 1 saturated heterocycles. The Balaban J connectivity index is 1.99. The van der Waals surface area contributed by atoms with Crippen LogP contribution in [0.25, 0.3) is 0 Å². The molecule has 0 radical (unpaired) electrons. The standard InChI is InChI=1S/C17H27NO2/c1-4-18(12-16-6-5-11-20-16)14(3)17(19)15-9-7-13(2)8-10-15/h7-10,14,16-17,19H,4-6,11-12H2,1-3H3. The van der Waals surface area contributed by atoms with Gasteiger partial charge in [-0.1, -0.05) is 36.8 Å². The van der Waals surface area contributed by atoms with Gasteiger partial charge < -0.3 is 9.84 Å². The van der Waals surface area contributed by atoms with Gasteiger partial charge in [0.2, 0.25) is 0 Å². The Morgan fingerprint density at radius 2 is 2.05 bits per heavy atom. The van der Waals surface area contributed by atoms with E-state index in [9.17, 15) is 5.11 Å². The Labute approximate surface area is 122 Å². The summed E-state index contributed by atoms with van der Waals surface area (Å²) < 4.78 is 5.71. The van der Waals surface area contributed by atoms with E-state index in [4.69, 9.17) is 4.74 Å². The number of likely N-dealkylation sites (N-methyl/N-ethyl adjacent to an activating group) is 1. The second-order valence-electron chi connectivity index (χ2n) is 5.82. The summed E-state index contributed by atoms with van der Waals surface area (Å²) in [6.07, 6.45) is 2.20. The van der Waals surface area contributed by atoms with E-state index in [2.05, 4.69) is 37.8 Å². The zero-order valence-electron chi connectivity index (χ0n) is 12.9. The Kier molecular flexibility index (Phi) is 5.58. The maximum atomic E-state index is 10.6. The highest BCUT2D eigenvalue weighted by Crippen LogP contribution is 2.23. The Morgan fingerprint density at radius 1 is 1.35 bits per heavy atom. The number of aliphatic hydroxyl groups is 1. The number of ether oxygens (including phenoxy) is 1. The van der Waals surface area contributed by atoms with Crippen LogP contribution in [0.4, 0.5) is 0 Å². The van der Waals surface area contributed by atoms with Gasteiger partial charge in [-0.15, -0.1) is 0 Å². The molecule has 112 valence electrons. The molecule has 0 amide bonds. The van der Waals surface area contributed by atoms with Crippen molar-refractivity contribution in [1.29, 1.82) is 0 Å². The first-order valence-corrected chi connectivity index (χ1v) is 7.72. The topological polar surface area (TPSA) is 32.7 Å². The van der Waals surface area contributed by atoms with Gasteiger partial charge in [0, 0.05) is 19.2 Å².